The number of hydrogen-bond donors (Lipinski definition) is 3. The molecule has 0 radical (unpaired) electrons. The van der Waals surface area contributed by atoms with Gasteiger partial charge in [-0.15, -0.1) is 0 Å². The summed E-state index contributed by atoms with van der Waals surface area (Å²) in [6, 6.07) is 25.8. The van der Waals surface area contributed by atoms with Crippen LogP contribution in [0.2, 0.25) is 5.02 Å². The first-order valence-corrected chi connectivity index (χ1v) is 13.7. The number of ether oxygens (including phenoxy) is 1. The fraction of sp³-hybridized carbons (Fsp3) is 0.138. The number of aromatic carboxylic acids is 1. The van der Waals surface area contributed by atoms with Crippen LogP contribution in [0.5, 0.6) is 11.5 Å². The second-order valence-corrected chi connectivity index (χ2v) is 11.0. The first-order chi connectivity index (χ1) is 18.2. The van der Waals surface area contributed by atoms with Crippen molar-refractivity contribution in [3.05, 3.63) is 119 Å². The van der Waals surface area contributed by atoms with Gasteiger partial charge in [0, 0.05) is 11.6 Å². The fourth-order valence-corrected chi connectivity index (χ4v) is 5.25. The summed E-state index contributed by atoms with van der Waals surface area (Å²) in [5.74, 6) is -0.342. The molecule has 0 spiro atoms. The van der Waals surface area contributed by atoms with Crippen molar-refractivity contribution >= 4 is 27.4 Å². The molecule has 0 heterocycles. The highest BCUT2D eigenvalue weighted by Crippen LogP contribution is 2.27. The molecule has 38 heavy (non-hydrogen) atoms. The molecule has 4 rings (SSSR count). The molecular formula is C29H26ClNO6S. The molecule has 4 aromatic rings. The minimum absolute atomic E-state index is 0.0936. The third kappa shape index (κ3) is 6.99. The number of aliphatic hydroxyl groups excluding tert-OH is 1. The van der Waals surface area contributed by atoms with Crippen LogP contribution in [-0.4, -0.2) is 37.7 Å². The quantitative estimate of drug-likeness (QED) is 0.210. The molecule has 3 N–H and O–H groups in total. The summed E-state index contributed by atoms with van der Waals surface area (Å²) in [5.41, 5.74) is 1.80. The Morgan fingerprint density at radius 2 is 1.53 bits per heavy atom. The minimum atomic E-state index is -3.73. The molecule has 0 saturated heterocycles. The van der Waals surface area contributed by atoms with Crippen molar-refractivity contribution in [2.75, 3.05) is 13.1 Å². The Morgan fingerprint density at radius 3 is 2.18 bits per heavy atom. The molecule has 196 valence electrons. The van der Waals surface area contributed by atoms with E-state index < -0.39 is 21.9 Å². The van der Waals surface area contributed by atoms with Crippen LogP contribution < -0.4 is 10.1 Å². The SMILES string of the molecule is O=C(O)c1cccc(Oc2ccc(S(=O)(=O)c3ccc(CCNC[C@H](O)c4cccc(Cl)c4)cc3)cc2)c1. The predicted molar refractivity (Wildman–Crippen MR) is 145 cm³/mol. The molecule has 0 fully saturated rings. The van der Waals surface area contributed by atoms with Gasteiger partial charge in [0.25, 0.3) is 0 Å². The lowest BCUT2D eigenvalue weighted by atomic mass is 10.1. The number of carboxylic acid groups (broad SMARTS) is 1. The number of sulfone groups is 1. The lowest BCUT2D eigenvalue weighted by molar-refractivity contribution is 0.0696. The third-order valence-electron chi connectivity index (χ3n) is 5.85. The zero-order valence-corrected chi connectivity index (χ0v) is 21.8. The molecule has 0 aliphatic carbocycles. The van der Waals surface area contributed by atoms with E-state index in [1.165, 1.54) is 36.4 Å². The monoisotopic (exact) mass is 551 g/mol. The van der Waals surface area contributed by atoms with Crippen LogP contribution in [0.15, 0.2) is 107 Å². The minimum Gasteiger partial charge on any atom is -0.478 e. The number of benzene rings is 4. The average molecular weight is 552 g/mol. The Morgan fingerprint density at radius 1 is 0.868 bits per heavy atom. The molecule has 0 aromatic heterocycles. The molecule has 0 aliphatic heterocycles. The van der Waals surface area contributed by atoms with Crippen LogP contribution in [0.3, 0.4) is 0 Å². The molecule has 9 heteroatoms. The summed E-state index contributed by atoms with van der Waals surface area (Å²) in [6.07, 6.45) is -0.00883. The highest BCUT2D eigenvalue weighted by Gasteiger charge is 2.18. The number of nitrogens with one attached hydrogen (secondary N) is 1. The molecular weight excluding hydrogens is 526 g/mol. The van der Waals surface area contributed by atoms with Crippen LogP contribution in [0.1, 0.15) is 27.6 Å². The normalized spacial score (nSPS) is 12.2. The lowest BCUT2D eigenvalue weighted by Crippen LogP contribution is -2.23. The maximum atomic E-state index is 13.1. The molecule has 0 aliphatic rings. The Balaban J connectivity index is 1.32. The van der Waals surface area contributed by atoms with Gasteiger partial charge in [-0.1, -0.05) is 41.9 Å². The van der Waals surface area contributed by atoms with E-state index in [-0.39, 0.29) is 15.4 Å². The van der Waals surface area contributed by atoms with Crippen molar-refractivity contribution in [1.29, 1.82) is 0 Å². The van der Waals surface area contributed by atoms with Gasteiger partial charge in [-0.2, -0.15) is 0 Å². The van der Waals surface area contributed by atoms with Crippen molar-refractivity contribution in [1.82, 2.24) is 5.32 Å². The van der Waals surface area contributed by atoms with Gasteiger partial charge in [0.05, 0.1) is 21.5 Å². The zero-order valence-electron chi connectivity index (χ0n) is 20.2. The van der Waals surface area contributed by atoms with Crippen LogP contribution in [0.25, 0.3) is 0 Å². The Hall–Kier alpha value is -3.69. The first-order valence-electron chi connectivity index (χ1n) is 11.8. The van der Waals surface area contributed by atoms with Crippen molar-refractivity contribution < 1.29 is 28.2 Å². The van der Waals surface area contributed by atoms with Gasteiger partial charge in [-0.05, 0) is 90.8 Å². The molecule has 0 amide bonds. The predicted octanol–water partition coefficient (Wildman–Crippen LogP) is 5.53. The van der Waals surface area contributed by atoms with Crippen molar-refractivity contribution in [2.45, 2.75) is 22.3 Å². The third-order valence-corrected chi connectivity index (χ3v) is 7.87. The Kier molecular flexibility index (Phi) is 8.81. The summed E-state index contributed by atoms with van der Waals surface area (Å²) in [7, 11) is -3.73. The standard InChI is InChI=1S/C29H26ClNO6S/c30-23-5-1-3-21(17-23)28(32)19-31-16-15-20-7-11-26(12-8-20)38(35,36)27-13-9-24(10-14-27)37-25-6-2-4-22(18-25)29(33)34/h1-14,17-18,28,31-32H,15-16,19H2,(H,33,34)/t28-/m0/s1. The Labute approximate surface area is 226 Å². The molecule has 4 aromatic carbocycles. The first kappa shape index (κ1) is 27.3. The topological polar surface area (TPSA) is 113 Å². The van der Waals surface area contributed by atoms with E-state index in [9.17, 15) is 18.3 Å². The molecule has 0 bridgehead atoms. The summed E-state index contributed by atoms with van der Waals surface area (Å²) in [4.78, 5) is 11.4. The largest absolute Gasteiger partial charge is 0.478 e. The summed E-state index contributed by atoms with van der Waals surface area (Å²) < 4.78 is 31.8. The van der Waals surface area contributed by atoms with E-state index in [1.54, 1.807) is 54.6 Å². The van der Waals surface area contributed by atoms with Crippen LogP contribution in [-0.2, 0) is 16.3 Å². The number of carbonyl (C=O) groups is 1. The number of carboxylic acids is 1. The maximum Gasteiger partial charge on any atom is 0.335 e. The molecule has 7 nitrogen and oxygen atoms in total. The maximum absolute atomic E-state index is 13.1. The van der Waals surface area contributed by atoms with Gasteiger partial charge < -0.3 is 20.3 Å². The van der Waals surface area contributed by atoms with Crippen molar-refractivity contribution in [3.63, 3.8) is 0 Å². The number of hydrogen-bond acceptors (Lipinski definition) is 6. The molecule has 0 unspecified atom stereocenters. The van der Waals surface area contributed by atoms with Crippen molar-refractivity contribution in [2.24, 2.45) is 0 Å². The highest BCUT2D eigenvalue weighted by molar-refractivity contribution is 7.91. The lowest BCUT2D eigenvalue weighted by Gasteiger charge is -2.13. The average Bonchev–Trinajstić information content (AvgIpc) is 2.92. The van der Waals surface area contributed by atoms with E-state index in [0.717, 1.165) is 11.1 Å². The second kappa shape index (κ2) is 12.2. The summed E-state index contributed by atoms with van der Waals surface area (Å²) in [6.45, 7) is 0.984. The second-order valence-electron chi connectivity index (χ2n) is 8.58. The van der Waals surface area contributed by atoms with Gasteiger partial charge >= 0.3 is 5.97 Å². The smallest absolute Gasteiger partial charge is 0.335 e. The van der Waals surface area contributed by atoms with E-state index >= 15 is 0 Å². The number of halogens is 1. The van der Waals surface area contributed by atoms with Crippen LogP contribution in [0.4, 0.5) is 0 Å². The van der Waals surface area contributed by atoms with E-state index in [4.69, 9.17) is 21.4 Å². The summed E-state index contributed by atoms with van der Waals surface area (Å²) in [5, 5.41) is 23.2. The van der Waals surface area contributed by atoms with Crippen LogP contribution >= 0.6 is 11.6 Å². The molecule has 1 atom stereocenters. The van der Waals surface area contributed by atoms with Gasteiger partial charge in [0.2, 0.25) is 9.84 Å². The van der Waals surface area contributed by atoms with Gasteiger partial charge in [-0.3, -0.25) is 0 Å². The number of rotatable bonds is 11. The summed E-state index contributed by atoms with van der Waals surface area (Å²) >= 11 is 5.97. The van der Waals surface area contributed by atoms with Gasteiger partial charge in [0.15, 0.2) is 0 Å². The van der Waals surface area contributed by atoms with Crippen molar-refractivity contribution in [3.8, 4) is 11.5 Å². The zero-order chi connectivity index (χ0) is 27.1. The Bertz CT molecular complexity index is 1510. The van der Waals surface area contributed by atoms with E-state index in [2.05, 4.69) is 5.32 Å². The van der Waals surface area contributed by atoms with Gasteiger partial charge in [-0.25, -0.2) is 13.2 Å². The molecule has 0 saturated carbocycles. The van der Waals surface area contributed by atoms with E-state index in [1.807, 2.05) is 6.07 Å². The number of aliphatic hydroxyl groups is 1. The fourth-order valence-electron chi connectivity index (χ4n) is 3.79. The highest BCUT2D eigenvalue weighted by atomic mass is 35.5. The van der Waals surface area contributed by atoms with E-state index in [0.29, 0.717) is 36.0 Å². The van der Waals surface area contributed by atoms with Gasteiger partial charge in [0.1, 0.15) is 11.5 Å². The van der Waals surface area contributed by atoms with Crippen LogP contribution in [0, 0.1) is 0 Å².